The van der Waals surface area contributed by atoms with Crippen molar-refractivity contribution in [3.8, 4) is 28.3 Å². The highest BCUT2D eigenvalue weighted by Crippen LogP contribution is 2.42. The number of phenolic OH excluding ortho intramolecular Hbond substituents is 1. The lowest BCUT2D eigenvalue weighted by Gasteiger charge is -2.27. The fourth-order valence-electron chi connectivity index (χ4n) is 5.43. The van der Waals surface area contributed by atoms with Crippen molar-refractivity contribution >= 4 is 39.1 Å². The summed E-state index contributed by atoms with van der Waals surface area (Å²) in [6, 6.07) is 33.3. The molecular formula is C35H26N4O2. The van der Waals surface area contributed by atoms with Gasteiger partial charge in [-0.1, -0.05) is 48.5 Å². The van der Waals surface area contributed by atoms with E-state index < -0.39 is 0 Å². The number of aryl methyl sites for hydroxylation is 2. The third kappa shape index (κ3) is 4.26. The van der Waals surface area contributed by atoms with E-state index in [1.165, 1.54) is 0 Å². The third-order valence-corrected chi connectivity index (χ3v) is 7.33. The van der Waals surface area contributed by atoms with Gasteiger partial charge in [0.15, 0.2) is 5.58 Å². The van der Waals surface area contributed by atoms with Crippen molar-refractivity contribution in [3.63, 3.8) is 0 Å². The van der Waals surface area contributed by atoms with Crippen LogP contribution < -0.4 is 4.90 Å². The number of pyridine rings is 3. The molecule has 6 nitrogen and oxygen atoms in total. The number of phenols is 1. The Balaban J connectivity index is 1.49. The Morgan fingerprint density at radius 2 is 1.56 bits per heavy atom. The molecule has 41 heavy (non-hydrogen) atoms. The molecule has 0 atom stereocenters. The molecule has 0 spiro atoms. The second kappa shape index (κ2) is 9.92. The van der Waals surface area contributed by atoms with Gasteiger partial charge < -0.3 is 9.52 Å². The van der Waals surface area contributed by atoms with Gasteiger partial charge in [-0.15, -0.1) is 0 Å². The summed E-state index contributed by atoms with van der Waals surface area (Å²) in [5.41, 5.74) is 8.27. The molecule has 0 aliphatic rings. The van der Waals surface area contributed by atoms with Crippen LogP contribution in [0, 0.1) is 13.8 Å². The molecule has 6 heteroatoms. The highest BCUT2D eigenvalue weighted by atomic mass is 16.3. The maximum atomic E-state index is 10.7. The number of rotatable bonds is 5. The van der Waals surface area contributed by atoms with Crippen molar-refractivity contribution < 1.29 is 9.52 Å². The Labute approximate surface area is 237 Å². The molecule has 0 radical (unpaired) electrons. The molecule has 0 aliphatic heterocycles. The van der Waals surface area contributed by atoms with Crippen LogP contribution in [0.1, 0.15) is 11.3 Å². The van der Waals surface area contributed by atoms with Gasteiger partial charge in [-0.25, -0.2) is 9.97 Å². The lowest BCUT2D eigenvalue weighted by Crippen LogP contribution is -2.14. The predicted molar refractivity (Wildman–Crippen MR) is 164 cm³/mol. The van der Waals surface area contributed by atoms with Crippen LogP contribution in [0.4, 0.5) is 17.2 Å². The molecule has 0 aliphatic carbocycles. The predicted octanol–water partition coefficient (Wildman–Crippen LogP) is 8.90. The molecule has 0 saturated heterocycles. The van der Waals surface area contributed by atoms with Crippen molar-refractivity contribution in [1.29, 1.82) is 0 Å². The normalized spacial score (nSPS) is 11.3. The number of para-hydroxylation sites is 2. The number of aromatic nitrogens is 3. The van der Waals surface area contributed by atoms with Crippen LogP contribution >= 0.6 is 0 Å². The molecule has 3 aromatic carbocycles. The highest BCUT2D eigenvalue weighted by molar-refractivity contribution is 6.10. The summed E-state index contributed by atoms with van der Waals surface area (Å²) >= 11 is 0. The third-order valence-electron chi connectivity index (χ3n) is 7.33. The molecule has 0 unspecified atom stereocenters. The minimum Gasteiger partial charge on any atom is -0.507 e. The lowest BCUT2D eigenvalue weighted by molar-refractivity contribution is 0.477. The largest absolute Gasteiger partial charge is 0.507 e. The standard InChI is InChI=1S/C35H26N4O2/c1-22-17-19-36-23(2)34(22)39(32-16-7-8-18-37-32)25-11-9-10-24(20-25)33-35-28(26-12-4-6-15-31(26)41-35)21-29(38-33)27-13-3-5-14-30(27)40/h3-21,40H,1-2H3. The van der Waals surface area contributed by atoms with E-state index in [1.807, 2.05) is 98.0 Å². The smallest absolute Gasteiger partial charge is 0.161 e. The molecule has 0 fully saturated rings. The number of aromatic hydroxyl groups is 1. The first-order chi connectivity index (χ1) is 20.1. The summed E-state index contributed by atoms with van der Waals surface area (Å²) in [5.74, 6) is 0.962. The van der Waals surface area contributed by atoms with E-state index in [4.69, 9.17) is 14.4 Å². The second-order valence-corrected chi connectivity index (χ2v) is 9.98. The first kappa shape index (κ1) is 24.5. The number of benzene rings is 3. The highest BCUT2D eigenvalue weighted by Gasteiger charge is 2.21. The first-order valence-electron chi connectivity index (χ1n) is 13.4. The van der Waals surface area contributed by atoms with Crippen LogP contribution in [-0.2, 0) is 0 Å². The van der Waals surface area contributed by atoms with Gasteiger partial charge >= 0.3 is 0 Å². The van der Waals surface area contributed by atoms with E-state index >= 15 is 0 Å². The van der Waals surface area contributed by atoms with Gasteiger partial charge in [0.1, 0.15) is 22.8 Å². The van der Waals surface area contributed by atoms with Gasteiger partial charge in [0.25, 0.3) is 0 Å². The van der Waals surface area contributed by atoms with E-state index in [0.29, 0.717) is 22.5 Å². The van der Waals surface area contributed by atoms with Crippen LogP contribution in [0.5, 0.6) is 5.75 Å². The average Bonchev–Trinajstić information content (AvgIpc) is 3.38. The van der Waals surface area contributed by atoms with Gasteiger partial charge in [0, 0.05) is 40.0 Å². The van der Waals surface area contributed by atoms with E-state index in [2.05, 4.69) is 28.9 Å². The Kier molecular flexibility index (Phi) is 5.94. The number of fused-ring (bicyclic) bond motifs is 3. The minimum absolute atomic E-state index is 0.177. The average molecular weight is 535 g/mol. The molecule has 4 heterocycles. The molecule has 198 valence electrons. The lowest BCUT2D eigenvalue weighted by atomic mass is 10.0. The summed E-state index contributed by atoms with van der Waals surface area (Å²) in [7, 11) is 0. The molecule has 0 amide bonds. The van der Waals surface area contributed by atoms with Crippen molar-refractivity contribution in [2.45, 2.75) is 13.8 Å². The molecule has 1 N–H and O–H groups in total. The van der Waals surface area contributed by atoms with Crippen LogP contribution in [0.25, 0.3) is 44.5 Å². The molecule has 7 rings (SSSR count). The van der Waals surface area contributed by atoms with Crippen LogP contribution in [0.2, 0.25) is 0 Å². The summed E-state index contributed by atoms with van der Waals surface area (Å²) < 4.78 is 6.41. The summed E-state index contributed by atoms with van der Waals surface area (Å²) in [6.07, 6.45) is 3.62. The molecule has 0 saturated carbocycles. The SMILES string of the molecule is Cc1ccnc(C)c1N(c1cccc(-c2nc(-c3ccccc3O)cc3c2oc2ccccc23)c1)c1ccccn1. The van der Waals surface area contributed by atoms with Crippen LogP contribution in [-0.4, -0.2) is 20.1 Å². The zero-order valence-corrected chi connectivity index (χ0v) is 22.6. The quantitative estimate of drug-likeness (QED) is 0.238. The fraction of sp³-hybridized carbons (Fsp3) is 0.0571. The van der Waals surface area contributed by atoms with Gasteiger partial charge in [-0.3, -0.25) is 9.88 Å². The Morgan fingerprint density at radius 3 is 2.39 bits per heavy atom. The van der Waals surface area contributed by atoms with E-state index in [0.717, 1.165) is 50.4 Å². The van der Waals surface area contributed by atoms with Crippen molar-refractivity contribution in [2.75, 3.05) is 4.90 Å². The Bertz CT molecular complexity index is 2030. The van der Waals surface area contributed by atoms with Crippen LogP contribution in [0.15, 0.2) is 120 Å². The van der Waals surface area contributed by atoms with E-state index in [9.17, 15) is 5.11 Å². The van der Waals surface area contributed by atoms with E-state index in [-0.39, 0.29) is 5.75 Å². The van der Waals surface area contributed by atoms with Gasteiger partial charge in [0.2, 0.25) is 0 Å². The van der Waals surface area contributed by atoms with Crippen molar-refractivity contribution in [3.05, 3.63) is 127 Å². The zero-order chi connectivity index (χ0) is 27.9. The van der Waals surface area contributed by atoms with Gasteiger partial charge in [0.05, 0.1) is 17.1 Å². The van der Waals surface area contributed by atoms with E-state index in [1.54, 1.807) is 12.3 Å². The number of nitrogens with zero attached hydrogens (tertiary/aromatic N) is 4. The molecule has 7 aromatic rings. The zero-order valence-electron chi connectivity index (χ0n) is 22.6. The molecule has 4 aromatic heterocycles. The van der Waals surface area contributed by atoms with Gasteiger partial charge in [-0.2, -0.15) is 0 Å². The molecular weight excluding hydrogens is 508 g/mol. The number of furan rings is 1. The maximum Gasteiger partial charge on any atom is 0.161 e. The van der Waals surface area contributed by atoms with Crippen LogP contribution in [0.3, 0.4) is 0 Å². The Morgan fingerprint density at radius 1 is 0.732 bits per heavy atom. The summed E-state index contributed by atoms with van der Waals surface area (Å²) in [6.45, 7) is 4.09. The number of anilines is 3. The molecule has 0 bridgehead atoms. The second-order valence-electron chi connectivity index (χ2n) is 9.98. The Hall–Kier alpha value is -5.49. The summed E-state index contributed by atoms with van der Waals surface area (Å²) in [5, 5.41) is 12.6. The number of hydrogen-bond acceptors (Lipinski definition) is 6. The number of hydrogen-bond donors (Lipinski definition) is 1. The minimum atomic E-state index is 0.177. The van der Waals surface area contributed by atoms with Gasteiger partial charge in [-0.05, 0) is 74.0 Å². The monoisotopic (exact) mass is 534 g/mol. The van der Waals surface area contributed by atoms with Crippen molar-refractivity contribution in [2.24, 2.45) is 0 Å². The fourth-order valence-corrected chi connectivity index (χ4v) is 5.43. The summed E-state index contributed by atoms with van der Waals surface area (Å²) in [4.78, 5) is 16.5. The topological polar surface area (TPSA) is 75.3 Å². The first-order valence-corrected chi connectivity index (χ1v) is 13.4. The maximum absolute atomic E-state index is 10.7. The van der Waals surface area contributed by atoms with Crippen molar-refractivity contribution in [1.82, 2.24) is 15.0 Å².